The molecule has 2 aromatic heterocycles. The molecule has 0 aliphatic heterocycles. The van der Waals surface area contributed by atoms with Gasteiger partial charge in [0.2, 0.25) is 5.91 Å². The molecular formula is C17H23N5OS. The minimum absolute atomic E-state index is 0.0302. The first-order valence-electron chi connectivity index (χ1n) is 8.29. The van der Waals surface area contributed by atoms with Crippen LogP contribution in [0.5, 0.6) is 0 Å². The van der Waals surface area contributed by atoms with Crippen molar-refractivity contribution in [1.29, 1.82) is 0 Å². The van der Waals surface area contributed by atoms with Crippen LogP contribution in [0.25, 0.3) is 11.4 Å². The summed E-state index contributed by atoms with van der Waals surface area (Å²) in [6, 6.07) is 4.32. The first kappa shape index (κ1) is 17.0. The van der Waals surface area contributed by atoms with Crippen LogP contribution in [0.1, 0.15) is 46.1 Å². The third kappa shape index (κ3) is 3.95. The van der Waals surface area contributed by atoms with Crippen LogP contribution < -0.4 is 5.32 Å². The summed E-state index contributed by atoms with van der Waals surface area (Å²) in [6.07, 6.45) is 6.69. The van der Waals surface area contributed by atoms with E-state index in [-0.39, 0.29) is 11.4 Å². The minimum atomic E-state index is -0.177. The van der Waals surface area contributed by atoms with Crippen molar-refractivity contribution in [3.05, 3.63) is 24.5 Å². The van der Waals surface area contributed by atoms with E-state index in [9.17, 15) is 4.79 Å². The van der Waals surface area contributed by atoms with Crippen molar-refractivity contribution in [3.8, 4) is 11.4 Å². The van der Waals surface area contributed by atoms with E-state index in [2.05, 4.69) is 32.0 Å². The number of pyridine rings is 1. The molecule has 0 bridgehead atoms. The summed E-state index contributed by atoms with van der Waals surface area (Å²) >= 11 is 1.45. The van der Waals surface area contributed by atoms with E-state index < -0.39 is 0 Å². The summed E-state index contributed by atoms with van der Waals surface area (Å²) in [5, 5.41) is 12.5. The number of carbonyl (C=O) groups excluding carboxylic acids is 1. The van der Waals surface area contributed by atoms with E-state index in [4.69, 9.17) is 0 Å². The zero-order chi connectivity index (χ0) is 17.2. The van der Waals surface area contributed by atoms with E-state index in [1.807, 2.05) is 26.0 Å². The Balaban J connectivity index is 1.73. The number of hydrogen-bond donors (Lipinski definition) is 1. The van der Waals surface area contributed by atoms with Gasteiger partial charge >= 0.3 is 0 Å². The maximum Gasteiger partial charge on any atom is 0.230 e. The van der Waals surface area contributed by atoms with Crippen molar-refractivity contribution < 1.29 is 4.79 Å². The Kier molecular flexibility index (Phi) is 4.89. The second-order valence-electron chi connectivity index (χ2n) is 6.72. The number of carbonyl (C=O) groups is 1. The number of nitrogens with zero attached hydrogens (tertiary/aromatic N) is 4. The summed E-state index contributed by atoms with van der Waals surface area (Å²) in [5.74, 6) is 1.24. The fraction of sp³-hybridized carbons (Fsp3) is 0.529. The van der Waals surface area contributed by atoms with Gasteiger partial charge in [0.25, 0.3) is 0 Å². The van der Waals surface area contributed by atoms with E-state index in [0.717, 1.165) is 35.8 Å². The van der Waals surface area contributed by atoms with Crippen LogP contribution in [-0.4, -0.2) is 36.9 Å². The molecule has 24 heavy (non-hydrogen) atoms. The molecule has 128 valence electrons. The molecule has 1 N–H and O–H groups in total. The highest BCUT2D eigenvalue weighted by atomic mass is 32.2. The Morgan fingerprint density at radius 2 is 2.04 bits per heavy atom. The molecule has 0 radical (unpaired) electrons. The molecular weight excluding hydrogens is 322 g/mol. The van der Waals surface area contributed by atoms with Crippen LogP contribution in [0.3, 0.4) is 0 Å². The normalized spacial score (nSPS) is 14.6. The quantitative estimate of drug-likeness (QED) is 0.781. The summed E-state index contributed by atoms with van der Waals surface area (Å²) in [6.45, 7) is 6.13. The van der Waals surface area contributed by atoms with Crippen LogP contribution in [-0.2, 0) is 4.79 Å². The Hall–Kier alpha value is -1.89. The van der Waals surface area contributed by atoms with Crippen molar-refractivity contribution in [1.82, 2.24) is 25.1 Å². The van der Waals surface area contributed by atoms with Gasteiger partial charge in [0.15, 0.2) is 11.0 Å². The highest BCUT2D eigenvalue weighted by Gasteiger charge is 2.30. The molecule has 1 fully saturated rings. The summed E-state index contributed by atoms with van der Waals surface area (Å²) in [7, 11) is 0. The van der Waals surface area contributed by atoms with Crippen LogP contribution in [0.4, 0.5) is 0 Å². The maximum atomic E-state index is 12.2. The van der Waals surface area contributed by atoms with Gasteiger partial charge in [-0.3, -0.25) is 14.3 Å². The molecule has 1 aliphatic rings. The minimum Gasteiger partial charge on any atom is -0.351 e. The lowest BCUT2D eigenvalue weighted by atomic mass is 10.0. The predicted molar refractivity (Wildman–Crippen MR) is 94.8 cm³/mol. The van der Waals surface area contributed by atoms with Gasteiger partial charge in [-0.05, 0) is 45.2 Å². The van der Waals surface area contributed by atoms with Gasteiger partial charge in [0, 0.05) is 29.5 Å². The number of thioether (sulfide) groups is 1. The van der Waals surface area contributed by atoms with E-state index in [1.54, 1.807) is 12.4 Å². The van der Waals surface area contributed by atoms with Gasteiger partial charge in [-0.15, -0.1) is 10.2 Å². The van der Waals surface area contributed by atoms with Crippen LogP contribution in [0, 0.1) is 0 Å². The Morgan fingerprint density at radius 3 is 2.67 bits per heavy atom. The molecule has 1 amide bonds. The van der Waals surface area contributed by atoms with Crippen molar-refractivity contribution in [2.24, 2.45) is 0 Å². The smallest absolute Gasteiger partial charge is 0.230 e. The maximum absolute atomic E-state index is 12.2. The summed E-state index contributed by atoms with van der Waals surface area (Å²) in [5.41, 5.74) is 0.831. The SMILES string of the molecule is CCC(C)(C)NC(=O)CSc1nnc(-c2ccncc2)n1C1CC1. The molecule has 1 aliphatic carbocycles. The average molecular weight is 345 g/mol. The van der Waals surface area contributed by atoms with Gasteiger partial charge in [-0.2, -0.15) is 0 Å². The van der Waals surface area contributed by atoms with Crippen LogP contribution in [0.15, 0.2) is 29.7 Å². The lowest BCUT2D eigenvalue weighted by Gasteiger charge is -2.24. The Bertz CT molecular complexity index is 709. The number of nitrogens with one attached hydrogen (secondary N) is 1. The lowest BCUT2D eigenvalue weighted by Crippen LogP contribution is -2.43. The van der Waals surface area contributed by atoms with Crippen molar-refractivity contribution >= 4 is 17.7 Å². The second kappa shape index (κ2) is 6.93. The van der Waals surface area contributed by atoms with E-state index in [0.29, 0.717) is 11.8 Å². The van der Waals surface area contributed by atoms with Gasteiger partial charge in [0.1, 0.15) is 0 Å². The fourth-order valence-electron chi connectivity index (χ4n) is 2.37. The number of aromatic nitrogens is 4. The first-order chi connectivity index (χ1) is 11.5. The van der Waals surface area contributed by atoms with Gasteiger partial charge in [0.05, 0.1) is 5.75 Å². The van der Waals surface area contributed by atoms with Gasteiger partial charge in [-0.25, -0.2) is 0 Å². The molecule has 3 rings (SSSR count). The highest BCUT2D eigenvalue weighted by molar-refractivity contribution is 7.99. The average Bonchev–Trinajstić information content (AvgIpc) is 3.32. The standard InChI is InChI=1S/C17H23N5OS/c1-4-17(2,3)19-14(23)11-24-16-21-20-15(22(16)13-5-6-13)12-7-9-18-10-8-12/h7-10,13H,4-6,11H2,1-3H3,(H,19,23). The number of hydrogen-bond acceptors (Lipinski definition) is 5. The fourth-order valence-corrected chi connectivity index (χ4v) is 3.17. The van der Waals surface area contributed by atoms with Crippen molar-refractivity contribution in [3.63, 3.8) is 0 Å². The van der Waals surface area contributed by atoms with E-state index >= 15 is 0 Å². The highest BCUT2D eigenvalue weighted by Crippen LogP contribution is 2.40. The molecule has 2 heterocycles. The molecule has 0 spiro atoms. The predicted octanol–water partition coefficient (Wildman–Crippen LogP) is 3.07. The Morgan fingerprint density at radius 1 is 1.33 bits per heavy atom. The van der Waals surface area contributed by atoms with Crippen molar-refractivity contribution in [2.75, 3.05) is 5.75 Å². The van der Waals surface area contributed by atoms with Crippen LogP contribution in [0.2, 0.25) is 0 Å². The molecule has 0 aromatic carbocycles. The summed E-state index contributed by atoms with van der Waals surface area (Å²) in [4.78, 5) is 16.2. The molecule has 0 unspecified atom stereocenters. The third-order valence-corrected chi connectivity index (χ3v) is 5.15. The third-order valence-electron chi connectivity index (χ3n) is 4.21. The van der Waals surface area contributed by atoms with E-state index in [1.165, 1.54) is 11.8 Å². The molecule has 6 nitrogen and oxygen atoms in total. The van der Waals surface area contributed by atoms with Gasteiger partial charge in [-0.1, -0.05) is 18.7 Å². The monoisotopic (exact) mass is 345 g/mol. The first-order valence-corrected chi connectivity index (χ1v) is 9.28. The van der Waals surface area contributed by atoms with Crippen LogP contribution >= 0.6 is 11.8 Å². The lowest BCUT2D eigenvalue weighted by molar-refractivity contribution is -0.120. The zero-order valence-corrected chi connectivity index (χ0v) is 15.1. The molecule has 0 saturated heterocycles. The molecule has 0 atom stereocenters. The zero-order valence-electron chi connectivity index (χ0n) is 14.3. The Labute approximate surface area is 146 Å². The van der Waals surface area contributed by atoms with Gasteiger partial charge < -0.3 is 5.32 Å². The summed E-state index contributed by atoms with van der Waals surface area (Å²) < 4.78 is 2.16. The largest absolute Gasteiger partial charge is 0.351 e. The number of amides is 1. The molecule has 2 aromatic rings. The van der Waals surface area contributed by atoms with Crippen molar-refractivity contribution in [2.45, 2.75) is 56.8 Å². The molecule has 7 heteroatoms. The topological polar surface area (TPSA) is 72.7 Å². The second-order valence-corrected chi connectivity index (χ2v) is 7.66. The molecule has 1 saturated carbocycles. The number of rotatable bonds is 7.